The van der Waals surface area contributed by atoms with Gasteiger partial charge in [-0.05, 0) is 42.7 Å². The van der Waals surface area contributed by atoms with E-state index < -0.39 is 0 Å². The first-order valence-corrected chi connectivity index (χ1v) is 11.9. The van der Waals surface area contributed by atoms with Crippen LogP contribution in [0.15, 0.2) is 48.8 Å². The van der Waals surface area contributed by atoms with Crippen LogP contribution in [0.2, 0.25) is 0 Å². The normalized spacial score (nSPS) is 10.7. The molecule has 1 aromatic carbocycles. The van der Waals surface area contributed by atoms with E-state index in [1.165, 1.54) is 10.6 Å². The van der Waals surface area contributed by atoms with Gasteiger partial charge in [0.05, 0.1) is 11.7 Å². The average Bonchev–Trinajstić information content (AvgIpc) is 3.22. The summed E-state index contributed by atoms with van der Waals surface area (Å²) < 4.78 is 0. The molecule has 0 radical (unpaired) electrons. The topological polar surface area (TPSA) is 65.1 Å². The van der Waals surface area contributed by atoms with Crippen LogP contribution in [-0.2, 0) is 0 Å². The van der Waals surface area contributed by atoms with E-state index >= 15 is 0 Å². The van der Waals surface area contributed by atoms with E-state index in [0.717, 1.165) is 59.0 Å². The SMILES string of the molecule is CC.CCCN(CCC)c1ccc(-c2cnc3[nH]c4cnc(C(=O)N(C)C)cc4c3c2)cc1. The molecule has 0 saturated carbocycles. The smallest absolute Gasteiger partial charge is 0.271 e. The molecule has 174 valence electrons. The molecule has 0 aliphatic carbocycles. The maximum Gasteiger partial charge on any atom is 0.271 e. The number of carbonyl (C=O) groups excluding carboxylic acids is 1. The number of hydrogen-bond acceptors (Lipinski definition) is 4. The second-order valence-electron chi connectivity index (χ2n) is 8.09. The Bertz CT molecular complexity index is 1200. The van der Waals surface area contributed by atoms with Crippen molar-refractivity contribution in [3.63, 3.8) is 0 Å². The summed E-state index contributed by atoms with van der Waals surface area (Å²) >= 11 is 0. The van der Waals surface area contributed by atoms with Gasteiger partial charge in [-0.25, -0.2) is 9.97 Å². The molecule has 0 fully saturated rings. The van der Waals surface area contributed by atoms with Crippen LogP contribution in [0.1, 0.15) is 51.0 Å². The molecule has 0 spiro atoms. The highest BCUT2D eigenvalue weighted by Crippen LogP contribution is 2.30. The lowest BCUT2D eigenvalue weighted by atomic mass is 10.0. The Morgan fingerprint density at radius 1 is 0.879 bits per heavy atom. The number of hydrogen-bond donors (Lipinski definition) is 1. The summed E-state index contributed by atoms with van der Waals surface area (Å²) in [5.74, 6) is -0.111. The number of aromatic amines is 1. The van der Waals surface area contributed by atoms with Crippen molar-refractivity contribution in [3.05, 3.63) is 54.5 Å². The number of amides is 1. The number of pyridine rings is 2. The van der Waals surface area contributed by atoms with E-state index in [4.69, 9.17) is 0 Å². The number of rotatable bonds is 7. The number of benzene rings is 1. The van der Waals surface area contributed by atoms with Gasteiger partial charge in [-0.15, -0.1) is 0 Å². The number of anilines is 1. The van der Waals surface area contributed by atoms with Crippen molar-refractivity contribution in [2.75, 3.05) is 32.1 Å². The van der Waals surface area contributed by atoms with Crippen LogP contribution in [0.4, 0.5) is 5.69 Å². The molecule has 0 saturated heterocycles. The molecule has 33 heavy (non-hydrogen) atoms. The van der Waals surface area contributed by atoms with Crippen molar-refractivity contribution in [3.8, 4) is 11.1 Å². The molecule has 4 aromatic rings. The number of nitrogens with one attached hydrogen (secondary N) is 1. The van der Waals surface area contributed by atoms with Crippen molar-refractivity contribution < 1.29 is 4.79 Å². The number of aromatic nitrogens is 3. The number of carbonyl (C=O) groups is 1. The Labute approximate surface area is 196 Å². The molecule has 0 bridgehead atoms. The number of fused-ring (bicyclic) bond motifs is 3. The third-order valence-electron chi connectivity index (χ3n) is 5.51. The van der Waals surface area contributed by atoms with Crippen LogP contribution in [0.25, 0.3) is 33.1 Å². The van der Waals surface area contributed by atoms with Crippen LogP contribution in [0.5, 0.6) is 0 Å². The highest BCUT2D eigenvalue weighted by Gasteiger charge is 2.14. The Hall–Kier alpha value is -3.41. The van der Waals surface area contributed by atoms with Gasteiger partial charge in [-0.1, -0.05) is 39.8 Å². The fourth-order valence-corrected chi connectivity index (χ4v) is 3.95. The Morgan fingerprint density at radius 3 is 2.15 bits per heavy atom. The molecule has 4 rings (SSSR count). The molecule has 0 unspecified atom stereocenters. The summed E-state index contributed by atoms with van der Waals surface area (Å²) in [7, 11) is 3.46. The van der Waals surface area contributed by atoms with Gasteiger partial charge in [0, 0.05) is 55.4 Å². The fourth-order valence-electron chi connectivity index (χ4n) is 3.95. The molecule has 0 aliphatic rings. The van der Waals surface area contributed by atoms with Crippen molar-refractivity contribution in [2.45, 2.75) is 40.5 Å². The van der Waals surface area contributed by atoms with Crippen molar-refractivity contribution in [1.82, 2.24) is 19.9 Å². The van der Waals surface area contributed by atoms with E-state index in [9.17, 15) is 4.79 Å². The van der Waals surface area contributed by atoms with E-state index in [1.807, 2.05) is 26.1 Å². The number of nitrogens with zero attached hydrogens (tertiary/aromatic N) is 4. The maximum atomic E-state index is 12.3. The number of H-pyrrole nitrogens is 1. The molecule has 0 atom stereocenters. The van der Waals surface area contributed by atoms with Crippen molar-refractivity contribution >= 4 is 33.5 Å². The lowest BCUT2D eigenvalue weighted by molar-refractivity contribution is 0.0822. The summed E-state index contributed by atoms with van der Waals surface area (Å²) in [6.45, 7) is 10.6. The second-order valence-corrected chi connectivity index (χ2v) is 8.09. The molecule has 1 amide bonds. The van der Waals surface area contributed by atoms with E-state index in [-0.39, 0.29) is 5.91 Å². The zero-order valence-electron chi connectivity index (χ0n) is 20.6. The van der Waals surface area contributed by atoms with Gasteiger partial charge in [0.15, 0.2) is 0 Å². The molecule has 0 aliphatic heterocycles. The largest absolute Gasteiger partial charge is 0.372 e. The van der Waals surface area contributed by atoms with Crippen LogP contribution >= 0.6 is 0 Å². The zero-order chi connectivity index (χ0) is 24.0. The van der Waals surface area contributed by atoms with Crippen molar-refractivity contribution in [1.29, 1.82) is 0 Å². The lowest BCUT2D eigenvalue weighted by Crippen LogP contribution is -2.24. The van der Waals surface area contributed by atoms with Gasteiger partial charge < -0.3 is 14.8 Å². The van der Waals surface area contributed by atoms with Crippen LogP contribution < -0.4 is 4.90 Å². The monoisotopic (exact) mass is 445 g/mol. The van der Waals surface area contributed by atoms with Gasteiger partial charge in [-0.3, -0.25) is 4.79 Å². The second kappa shape index (κ2) is 10.9. The van der Waals surface area contributed by atoms with Gasteiger partial charge in [0.2, 0.25) is 0 Å². The average molecular weight is 446 g/mol. The molecule has 3 heterocycles. The van der Waals surface area contributed by atoms with Gasteiger partial charge in [0.25, 0.3) is 5.91 Å². The standard InChI is InChI=1S/C25H29N5O.C2H6/c1-5-11-30(12-6-2)19-9-7-17(8-10-19)18-13-21-20-14-22(25(31)29(3)4)26-16-23(20)28-24(21)27-15-18;1-2/h7-10,13-16H,5-6,11-12H2,1-4H3,(H,27,28);1-2H3. The minimum absolute atomic E-state index is 0.111. The predicted octanol–water partition coefficient (Wildman–Crippen LogP) is 6.13. The molecule has 6 heteroatoms. The quantitative estimate of drug-likeness (QED) is 0.371. The van der Waals surface area contributed by atoms with Crippen molar-refractivity contribution in [2.24, 2.45) is 0 Å². The Morgan fingerprint density at radius 2 is 1.55 bits per heavy atom. The first-order chi connectivity index (χ1) is 16.0. The molecule has 6 nitrogen and oxygen atoms in total. The third-order valence-corrected chi connectivity index (χ3v) is 5.51. The zero-order valence-corrected chi connectivity index (χ0v) is 20.6. The van der Waals surface area contributed by atoms with Crippen LogP contribution in [0.3, 0.4) is 0 Å². The van der Waals surface area contributed by atoms with Gasteiger partial charge in [-0.2, -0.15) is 0 Å². The maximum absolute atomic E-state index is 12.3. The first kappa shape index (κ1) is 24.2. The molecule has 1 N–H and O–H groups in total. The van der Waals surface area contributed by atoms with Gasteiger partial charge in [0.1, 0.15) is 11.3 Å². The molecular weight excluding hydrogens is 410 g/mol. The molecule has 3 aromatic heterocycles. The Balaban J connectivity index is 0.00000149. The summed E-state index contributed by atoms with van der Waals surface area (Å²) in [5, 5.41) is 1.95. The molecular formula is C27H35N5O. The summed E-state index contributed by atoms with van der Waals surface area (Å²) in [5.41, 5.74) is 5.53. The predicted molar refractivity (Wildman–Crippen MR) is 139 cm³/mol. The fraction of sp³-hybridized carbons (Fsp3) is 0.370. The van der Waals surface area contributed by atoms with E-state index in [0.29, 0.717) is 5.69 Å². The summed E-state index contributed by atoms with van der Waals surface area (Å²) in [4.78, 5) is 28.6. The summed E-state index contributed by atoms with van der Waals surface area (Å²) in [6, 6.07) is 12.7. The Kier molecular flexibility index (Phi) is 8.04. The minimum Gasteiger partial charge on any atom is -0.372 e. The van der Waals surface area contributed by atoms with E-state index in [2.05, 4.69) is 64.0 Å². The van der Waals surface area contributed by atoms with E-state index in [1.54, 1.807) is 20.3 Å². The van der Waals surface area contributed by atoms with Gasteiger partial charge >= 0.3 is 0 Å². The highest BCUT2D eigenvalue weighted by atomic mass is 16.2. The lowest BCUT2D eigenvalue weighted by Gasteiger charge is -2.24. The van der Waals surface area contributed by atoms with Crippen LogP contribution in [0, 0.1) is 0 Å². The third kappa shape index (κ3) is 5.16. The summed E-state index contributed by atoms with van der Waals surface area (Å²) in [6.07, 6.45) is 5.87. The first-order valence-electron chi connectivity index (χ1n) is 11.9. The highest BCUT2D eigenvalue weighted by molar-refractivity contribution is 6.08. The minimum atomic E-state index is -0.111. The van der Waals surface area contributed by atoms with Crippen LogP contribution in [-0.4, -0.2) is 52.9 Å².